The molecule has 0 aliphatic heterocycles. The van der Waals surface area contributed by atoms with E-state index in [0.717, 1.165) is 18.7 Å². The first kappa shape index (κ1) is 17.0. The number of carbonyl (C=O) groups excluding carboxylic acids is 1. The summed E-state index contributed by atoms with van der Waals surface area (Å²) < 4.78 is 0. The maximum absolute atomic E-state index is 10.2. The van der Waals surface area contributed by atoms with Crippen molar-refractivity contribution >= 4 is 6.29 Å². The van der Waals surface area contributed by atoms with Crippen molar-refractivity contribution in [1.29, 1.82) is 0 Å². The van der Waals surface area contributed by atoms with Crippen molar-refractivity contribution < 1.29 is 4.79 Å². The van der Waals surface area contributed by atoms with Gasteiger partial charge in [-0.15, -0.1) is 0 Å². The average Bonchev–Trinajstić information content (AvgIpc) is 2.38. The van der Waals surface area contributed by atoms with E-state index in [2.05, 4.69) is 31.1 Å². The molecule has 0 unspecified atom stereocenters. The lowest BCUT2D eigenvalue weighted by Gasteiger charge is -2.22. The summed E-state index contributed by atoms with van der Waals surface area (Å²) >= 11 is 0. The molecule has 0 fully saturated rings. The van der Waals surface area contributed by atoms with E-state index >= 15 is 0 Å². The molecule has 0 radical (unpaired) electrons. The molecule has 3 nitrogen and oxygen atoms in total. The maximum Gasteiger partial charge on any atom is 0.139 e. The molecule has 0 saturated carbocycles. The SMILES string of the molecule is CCCCC(CCCC)CN(C)/C=C\NCC=O. The van der Waals surface area contributed by atoms with E-state index in [0.29, 0.717) is 6.54 Å². The summed E-state index contributed by atoms with van der Waals surface area (Å²) in [5, 5.41) is 2.94. The van der Waals surface area contributed by atoms with Gasteiger partial charge in [-0.2, -0.15) is 0 Å². The van der Waals surface area contributed by atoms with Crippen LogP contribution in [0.15, 0.2) is 12.4 Å². The van der Waals surface area contributed by atoms with E-state index in [1.807, 2.05) is 12.4 Å². The molecule has 0 aliphatic carbocycles. The molecule has 106 valence electrons. The summed E-state index contributed by atoms with van der Waals surface area (Å²) in [7, 11) is 2.10. The van der Waals surface area contributed by atoms with Crippen molar-refractivity contribution in [2.24, 2.45) is 5.92 Å². The number of hydrogen-bond donors (Lipinski definition) is 1. The molecule has 0 aromatic heterocycles. The van der Waals surface area contributed by atoms with Crippen LogP contribution in [0.3, 0.4) is 0 Å². The van der Waals surface area contributed by atoms with Crippen LogP contribution in [-0.2, 0) is 4.79 Å². The van der Waals surface area contributed by atoms with Crippen LogP contribution < -0.4 is 5.32 Å². The fourth-order valence-electron chi connectivity index (χ4n) is 2.08. The summed E-state index contributed by atoms with van der Waals surface area (Å²) in [6.07, 6.45) is 12.6. The molecule has 0 amide bonds. The van der Waals surface area contributed by atoms with E-state index in [1.54, 1.807) is 0 Å². The van der Waals surface area contributed by atoms with Gasteiger partial charge < -0.3 is 15.0 Å². The molecule has 1 N–H and O–H groups in total. The zero-order valence-corrected chi connectivity index (χ0v) is 12.3. The first-order chi connectivity index (χ1) is 8.74. The standard InChI is InChI=1S/C15H30N2O/c1-4-6-8-15(9-7-5-2)14-17(3)12-10-16-11-13-18/h10,12-13,15-16H,4-9,11,14H2,1-3H3/b12-10-. The second-order valence-electron chi connectivity index (χ2n) is 4.98. The maximum atomic E-state index is 10.2. The third-order valence-electron chi connectivity index (χ3n) is 3.13. The molecule has 0 heterocycles. The van der Waals surface area contributed by atoms with E-state index in [4.69, 9.17) is 0 Å². The van der Waals surface area contributed by atoms with Crippen molar-refractivity contribution in [3.63, 3.8) is 0 Å². The van der Waals surface area contributed by atoms with Crippen molar-refractivity contribution in [3.8, 4) is 0 Å². The Labute approximate surface area is 113 Å². The highest BCUT2D eigenvalue weighted by Crippen LogP contribution is 2.17. The number of nitrogens with one attached hydrogen (secondary N) is 1. The number of nitrogens with zero attached hydrogens (tertiary/aromatic N) is 1. The van der Waals surface area contributed by atoms with Crippen LogP contribution in [0.2, 0.25) is 0 Å². The van der Waals surface area contributed by atoms with E-state index < -0.39 is 0 Å². The smallest absolute Gasteiger partial charge is 0.139 e. The van der Waals surface area contributed by atoms with Crippen LogP contribution in [-0.4, -0.2) is 31.3 Å². The first-order valence-corrected chi connectivity index (χ1v) is 7.28. The monoisotopic (exact) mass is 254 g/mol. The Morgan fingerprint density at radius 1 is 1.17 bits per heavy atom. The average molecular weight is 254 g/mol. The molecule has 0 aromatic rings. The second-order valence-corrected chi connectivity index (χ2v) is 4.98. The predicted molar refractivity (Wildman–Crippen MR) is 78.4 cm³/mol. The summed E-state index contributed by atoms with van der Waals surface area (Å²) in [4.78, 5) is 12.4. The van der Waals surface area contributed by atoms with Gasteiger partial charge in [0.05, 0.1) is 6.54 Å². The minimum atomic E-state index is 0.388. The second kappa shape index (κ2) is 12.5. The number of aldehydes is 1. The minimum Gasteiger partial charge on any atom is -0.383 e. The largest absolute Gasteiger partial charge is 0.383 e. The fraction of sp³-hybridized carbons (Fsp3) is 0.800. The Hall–Kier alpha value is -0.990. The Morgan fingerprint density at radius 2 is 1.78 bits per heavy atom. The molecular formula is C15H30N2O. The summed E-state index contributed by atoms with van der Waals surface area (Å²) in [5.41, 5.74) is 0. The van der Waals surface area contributed by atoms with Crippen LogP contribution in [0, 0.1) is 5.92 Å². The summed E-state index contributed by atoms with van der Waals surface area (Å²) in [5.74, 6) is 0.797. The summed E-state index contributed by atoms with van der Waals surface area (Å²) in [6, 6.07) is 0. The Kier molecular flexibility index (Phi) is 11.8. The minimum absolute atomic E-state index is 0.388. The molecule has 0 atom stereocenters. The van der Waals surface area contributed by atoms with Crippen molar-refractivity contribution in [3.05, 3.63) is 12.4 Å². The highest BCUT2D eigenvalue weighted by molar-refractivity contribution is 5.52. The number of rotatable bonds is 12. The van der Waals surface area contributed by atoms with Gasteiger partial charge in [0.25, 0.3) is 0 Å². The molecule has 3 heteroatoms. The molecular weight excluding hydrogens is 224 g/mol. The van der Waals surface area contributed by atoms with E-state index in [1.165, 1.54) is 38.5 Å². The molecule has 0 aliphatic rings. The normalized spacial score (nSPS) is 11.1. The predicted octanol–water partition coefficient (Wildman–Crippen LogP) is 3.17. The Bertz CT molecular complexity index is 209. The third-order valence-corrected chi connectivity index (χ3v) is 3.13. The van der Waals surface area contributed by atoms with Crippen LogP contribution in [0.5, 0.6) is 0 Å². The van der Waals surface area contributed by atoms with Gasteiger partial charge in [-0.25, -0.2) is 0 Å². The van der Waals surface area contributed by atoms with Gasteiger partial charge in [0.15, 0.2) is 0 Å². The zero-order valence-electron chi connectivity index (χ0n) is 12.3. The molecule has 0 rings (SSSR count). The van der Waals surface area contributed by atoms with Crippen LogP contribution in [0.1, 0.15) is 52.4 Å². The summed E-state index contributed by atoms with van der Waals surface area (Å²) in [6.45, 7) is 6.01. The molecule has 0 spiro atoms. The van der Waals surface area contributed by atoms with Crippen molar-refractivity contribution in [2.75, 3.05) is 20.1 Å². The van der Waals surface area contributed by atoms with Crippen LogP contribution in [0.25, 0.3) is 0 Å². The van der Waals surface area contributed by atoms with Gasteiger partial charge in [0.2, 0.25) is 0 Å². The topological polar surface area (TPSA) is 32.3 Å². The quantitative estimate of drug-likeness (QED) is 0.429. The molecule has 0 saturated heterocycles. The lowest BCUT2D eigenvalue weighted by atomic mass is 9.95. The van der Waals surface area contributed by atoms with Gasteiger partial charge in [-0.3, -0.25) is 0 Å². The van der Waals surface area contributed by atoms with Crippen LogP contribution in [0.4, 0.5) is 0 Å². The number of carbonyl (C=O) groups is 1. The highest BCUT2D eigenvalue weighted by atomic mass is 16.1. The number of hydrogen-bond acceptors (Lipinski definition) is 3. The molecule has 0 aromatic carbocycles. The van der Waals surface area contributed by atoms with Gasteiger partial charge >= 0.3 is 0 Å². The zero-order chi connectivity index (χ0) is 13.6. The van der Waals surface area contributed by atoms with Crippen molar-refractivity contribution in [2.45, 2.75) is 52.4 Å². The van der Waals surface area contributed by atoms with E-state index in [9.17, 15) is 4.79 Å². The third kappa shape index (κ3) is 10.2. The molecule has 18 heavy (non-hydrogen) atoms. The van der Waals surface area contributed by atoms with Gasteiger partial charge in [0.1, 0.15) is 6.29 Å². The Morgan fingerprint density at radius 3 is 2.28 bits per heavy atom. The van der Waals surface area contributed by atoms with Crippen LogP contribution >= 0.6 is 0 Å². The fourth-order valence-corrected chi connectivity index (χ4v) is 2.08. The first-order valence-electron chi connectivity index (χ1n) is 7.28. The molecule has 0 bridgehead atoms. The Balaban J connectivity index is 3.94. The highest BCUT2D eigenvalue weighted by Gasteiger charge is 2.09. The van der Waals surface area contributed by atoms with Crippen molar-refractivity contribution in [1.82, 2.24) is 10.2 Å². The number of unbranched alkanes of at least 4 members (excludes halogenated alkanes) is 2. The lowest BCUT2D eigenvalue weighted by Crippen LogP contribution is -2.22. The van der Waals surface area contributed by atoms with Gasteiger partial charge in [-0.1, -0.05) is 39.5 Å². The van der Waals surface area contributed by atoms with E-state index in [-0.39, 0.29) is 0 Å². The van der Waals surface area contributed by atoms with Gasteiger partial charge in [-0.05, 0) is 18.8 Å². The lowest BCUT2D eigenvalue weighted by molar-refractivity contribution is -0.107. The van der Waals surface area contributed by atoms with Gasteiger partial charge in [0, 0.05) is 26.0 Å².